The minimum atomic E-state index is -5.70. The maximum absolute atomic E-state index is 14.2. The molecule has 7 aliphatic rings. The van der Waals surface area contributed by atoms with Gasteiger partial charge in [0.05, 0.1) is 53.7 Å². The number of benzene rings is 3. The predicted octanol–water partition coefficient (Wildman–Crippen LogP) is 12.1. The topological polar surface area (TPSA) is 185 Å². The lowest BCUT2D eigenvalue weighted by Gasteiger charge is -2.52. The van der Waals surface area contributed by atoms with Crippen LogP contribution in [0.5, 0.6) is 17.2 Å². The summed E-state index contributed by atoms with van der Waals surface area (Å²) in [4.78, 5) is 61.5. The first-order chi connectivity index (χ1) is 47.2. The lowest BCUT2D eigenvalue weighted by atomic mass is 9.77. The van der Waals surface area contributed by atoms with Crippen molar-refractivity contribution in [3.05, 3.63) is 154 Å². The van der Waals surface area contributed by atoms with Crippen LogP contribution < -0.4 is 24.2 Å². The summed E-state index contributed by atoms with van der Waals surface area (Å²) in [7, 11) is 4.88. The van der Waals surface area contributed by atoms with Gasteiger partial charge in [-0.05, 0) is 188 Å². The Labute approximate surface area is 580 Å². The number of nitrogens with one attached hydrogen (secondary N) is 2. The third-order valence-electron chi connectivity index (χ3n) is 22.2. The summed E-state index contributed by atoms with van der Waals surface area (Å²) in [6.07, 6.45) is 7.89. The number of halogens is 5. The first-order valence-corrected chi connectivity index (χ1v) is 36.3. The lowest BCUT2D eigenvalue weighted by molar-refractivity contribution is -0.292. The Morgan fingerprint density at radius 2 is 1.16 bits per heavy atom. The molecule has 3 amide bonds. The number of Topliss-reactive ketones (excluding diaryl/α,β-unsaturated/α-hetero) is 1. The molecule has 1 aliphatic carbocycles. The van der Waals surface area contributed by atoms with Crippen LogP contribution in [0.25, 0.3) is 0 Å². The molecule has 540 valence electrons. The van der Waals surface area contributed by atoms with Crippen LogP contribution in [-0.4, -0.2) is 177 Å². The first-order valence-electron chi connectivity index (χ1n) is 34.8. The zero-order valence-electron chi connectivity index (χ0n) is 58.4. The van der Waals surface area contributed by atoms with E-state index < -0.39 is 33.4 Å². The summed E-state index contributed by atoms with van der Waals surface area (Å²) in [5.41, 5.74) is 4.56. The van der Waals surface area contributed by atoms with Crippen LogP contribution in [-0.2, 0) is 52.1 Å². The maximum atomic E-state index is 14.2. The molecule has 6 aromatic rings. The van der Waals surface area contributed by atoms with Crippen molar-refractivity contribution < 1.29 is 66.6 Å². The fraction of sp³-hybridized carbons (Fsp3) is 0.541. The summed E-state index contributed by atoms with van der Waals surface area (Å²) < 4.78 is 116. The van der Waals surface area contributed by atoms with E-state index in [4.69, 9.17) is 14.2 Å². The van der Waals surface area contributed by atoms with Gasteiger partial charge in [-0.1, -0.05) is 39.7 Å². The van der Waals surface area contributed by atoms with E-state index in [0.717, 1.165) is 92.3 Å². The summed E-state index contributed by atoms with van der Waals surface area (Å²) in [5, 5.41) is 4.07. The van der Waals surface area contributed by atoms with Crippen LogP contribution in [0.2, 0.25) is 0 Å². The lowest BCUT2D eigenvalue weighted by Crippen LogP contribution is -2.61. The van der Waals surface area contributed by atoms with Crippen molar-refractivity contribution in [2.24, 2.45) is 5.92 Å². The number of alkyl halides is 5. The second-order valence-electron chi connectivity index (χ2n) is 27.9. The smallest absolute Gasteiger partial charge is 0.459 e. The zero-order chi connectivity index (χ0) is 71.0. The number of hydrogen-bond donors (Lipinski definition) is 2. The summed E-state index contributed by atoms with van der Waals surface area (Å²) in [5.74, 6) is -2.36. The van der Waals surface area contributed by atoms with E-state index in [1.165, 1.54) is 74.5 Å². The number of likely N-dealkylation sites (tertiary alicyclic amines) is 3. The molecule has 19 nitrogen and oxygen atoms in total. The van der Waals surface area contributed by atoms with Crippen molar-refractivity contribution in [1.82, 2.24) is 48.2 Å². The molecule has 4 fully saturated rings. The highest BCUT2D eigenvalue weighted by molar-refractivity contribution is 7.89. The summed E-state index contributed by atoms with van der Waals surface area (Å²) >= 11 is 0. The van der Waals surface area contributed by atoms with Gasteiger partial charge in [0.1, 0.15) is 5.75 Å². The van der Waals surface area contributed by atoms with Crippen molar-refractivity contribution in [2.75, 3.05) is 94.3 Å². The molecular weight excluding hydrogens is 1300 g/mol. The number of ketones is 1. The third kappa shape index (κ3) is 14.0. The molecule has 3 aromatic carbocycles. The van der Waals surface area contributed by atoms with Crippen LogP contribution in [0.15, 0.2) is 108 Å². The van der Waals surface area contributed by atoms with E-state index in [2.05, 4.69) is 76.3 Å². The average molecular weight is 1400 g/mol. The van der Waals surface area contributed by atoms with Gasteiger partial charge in [0.2, 0.25) is 10.0 Å². The highest BCUT2D eigenvalue weighted by Crippen LogP contribution is 2.50. The quantitative estimate of drug-likeness (QED) is 0.0778. The molecule has 9 heterocycles. The molecule has 0 bridgehead atoms. The Morgan fingerprint density at radius 3 is 1.72 bits per heavy atom. The number of aryl methyl sites for hydroxylation is 1. The van der Waals surface area contributed by atoms with Crippen molar-refractivity contribution >= 4 is 33.5 Å². The van der Waals surface area contributed by atoms with E-state index >= 15 is 0 Å². The highest BCUT2D eigenvalue weighted by Gasteiger charge is 2.61. The van der Waals surface area contributed by atoms with Crippen molar-refractivity contribution in [1.29, 1.82) is 0 Å². The van der Waals surface area contributed by atoms with Gasteiger partial charge in [-0.2, -0.15) is 22.0 Å². The van der Waals surface area contributed by atoms with E-state index in [0.29, 0.717) is 84.4 Å². The summed E-state index contributed by atoms with van der Waals surface area (Å²) in [6, 6.07) is 28.7. The Balaban J connectivity index is 0.000000175. The van der Waals surface area contributed by atoms with Crippen molar-refractivity contribution in [3.8, 4) is 17.2 Å². The van der Waals surface area contributed by atoms with Gasteiger partial charge in [0.25, 0.3) is 17.7 Å². The second kappa shape index (κ2) is 29.2. The molecule has 3 aromatic heterocycles. The number of piperidine rings is 3. The van der Waals surface area contributed by atoms with E-state index in [1.54, 1.807) is 33.1 Å². The fourth-order valence-electron chi connectivity index (χ4n) is 16.3. The largest absolute Gasteiger partial charge is 0.496 e. The van der Waals surface area contributed by atoms with Crippen molar-refractivity contribution in [3.63, 3.8) is 0 Å². The van der Waals surface area contributed by atoms with Crippen LogP contribution in [0.3, 0.4) is 0 Å². The van der Waals surface area contributed by atoms with Crippen LogP contribution >= 0.6 is 0 Å². The van der Waals surface area contributed by atoms with Gasteiger partial charge < -0.3 is 47.9 Å². The van der Waals surface area contributed by atoms with Crippen molar-refractivity contribution in [2.45, 2.75) is 164 Å². The number of carbonyl (C=O) groups excluding carboxylic acids is 4. The Morgan fingerprint density at radius 1 is 0.636 bits per heavy atom. The van der Waals surface area contributed by atoms with Gasteiger partial charge in [-0.3, -0.25) is 29.0 Å². The number of nitrogens with zero attached hydrogens (tertiary/aromatic N) is 8. The fourth-order valence-corrected chi connectivity index (χ4v) is 17.0. The maximum Gasteiger partial charge on any atom is 0.459 e. The normalized spacial score (nSPS) is 20.4. The minimum Gasteiger partial charge on any atom is -0.496 e. The molecule has 1 saturated carbocycles. The van der Waals surface area contributed by atoms with Crippen LogP contribution in [0.4, 0.5) is 22.0 Å². The Hall–Kier alpha value is -7.58. The monoisotopic (exact) mass is 1400 g/mol. The van der Waals surface area contributed by atoms with Gasteiger partial charge in [0, 0.05) is 127 Å². The Bertz CT molecular complexity index is 4020. The Kier molecular flexibility index (Phi) is 21.4. The number of amides is 3. The average Bonchev–Trinajstić information content (AvgIpc) is 1.74. The molecule has 25 heteroatoms. The molecule has 3 saturated heterocycles. The standard InChI is InChI=1S/C28H39N3O3.C24H31N3O3.C22H25F5N4O3S.2H2/c1-20(2)12-18-34-24-11-10-21(19-25(24)33-3)27(32)30-16-13-28(14-17-30)26-9-6-15-31(26)23-8-5-4-7-22(23)29-28;1-5-18-6-7-19(16-21(18)30-4)23(29)26-12-10-24(11-13-26)22-9-8-20(17(2)28)27(22)15-14-25(24)3;1-28-35(33,34)16-5-3-15(4-6-16)19(32)30-11-9-20(10-12-30)17-7-8-18(21(23,24)22(25,26)27)31(17)14-13-29(20)2;;/h6,9-11,15,19-20,22-23,29H,4-5,7-8,12-14,16-18H2,1-3H3;6-9,16H,5,10-15H2,1-4H3;3-8,28H,9-14H2,1-2H3;2*1H. The second-order valence-corrected chi connectivity index (χ2v) is 29.8. The van der Waals surface area contributed by atoms with Crippen LogP contribution in [0.1, 0.15) is 177 Å². The van der Waals surface area contributed by atoms with Gasteiger partial charge >= 0.3 is 12.1 Å². The number of carbonyl (C=O) groups is 4. The summed E-state index contributed by atoms with van der Waals surface area (Å²) in [6.45, 7) is 14.2. The van der Waals surface area contributed by atoms with E-state index in [-0.39, 0.29) is 68.5 Å². The van der Waals surface area contributed by atoms with Gasteiger partial charge in [-0.15, -0.1) is 0 Å². The van der Waals surface area contributed by atoms with Gasteiger partial charge in [0.15, 0.2) is 17.3 Å². The number of methoxy groups -OCH3 is 2. The molecular formula is C74H99F5N10O9S. The molecule has 2 atom stereocenters. The molecule has 13 rings (SSSR count). The third-order valence-corrected chi connectivity index (χ3v) is 23.6. The number of ether oxygens (including phenoxy) is 3. The number of hydrogen-bond acceptors (Lipinski definition) is 12. The molecule has 3 spiro atoms. The number of fused-ring (bicyclic) bond motifs is 8. The minimum absolute atomic E-state index is 0. The van der Waals surface area contributed by atoms with Crippen LogP contribution in [0, 0.1) is 5.92 Å². The van der Waals surface area contributed by atoms with E-state index in [9.17, 15) is 49.5 Å². The molecule has 99 heavy (non-hydrogen) atoms. The molecule has 2 N–H and O–H groups in total. The highest BCUT2D eigenvalue weighted by atomic mass is 32.2. The number of sulfonamides is 1. The SMILES string of the molecule is CCc1ccc(C(=O)N2CCC3(CC2)c2ccc(C(C)=O)n2CCN3C)cc1OC.CNS(=O)(=O)c1ccc(C(=O)N2CCC3(CC2)c2ccc(C(F)(F)C(F)(F)F)n2CCN3C)cc1.COc1cc(C(=O)N2CCC3(CC2)NC2CCCCC2n2cccc23)ccc1OCCC(C)C.[HH].[HH]. The zero-order valence-corrected chi connectivity index (χ0v) is 59.2. The molecule has 0 radical (unpaired) electrons. The predicted molar refractivity (Wildman–Crippen MR) is 371 cm³/mol. The number of rotatable bonds is 14. The number of aromatic nitrogens is 3. The van der Waals surface area contributed by atoms with Gasteiger partial charge in [-0.25, -0.2) is 13.1 Å². The van der Waals surface area contributed by atoms with E-state index in [1.807, 2.05) is 57.2 Å². The molecule has 6 aliphatic heterocycles. The number of likely N-dealkylation sites (N-methyl/N-ethyl adjacent to an activating group) is 2. The molecule has 2 unspecified atom stereocenters. The first kappa shape index (κ1) is 72.7.